The number of para-hydroxylation sites is 1. The summed E-state index contributed by atoms with van der Waals surface area (Å²) in [4.78, 5) is 4.86. The van der Waals surface area contributed by atoms with E-state index in [-0.39, 0.29) is 24.0 Å². The highest BCUT2D eigenvalue weighted by molar-refractivity contribution is 14.0. The number of hydrogen-bond acceptors (Lipinski definition) is 3. The molecule has 4 rings (SSSR count). The van der Waals surface area contributed by atoms with Crippen molar-refractivity contribution in [3.8, 4) is 5.75 Å². The van der Waals surface area contributed by atoms with Gasteiger partial charge in [-0.2, -0.15) is 0 Å². The van der Waals surface area contributed by atoms with Crippen LogP contribution in [-0.4, -0.2) is 37.9 Å². The topological polar surface area (TPSA) is 54.9 Å². The Balaban J connectivity index is 0.00000210. The molecule has 3 fully saturated rings. The van der Waals surface area contributed by atoms with E-state index in [4.69, 9.17) is 14.5 Å². The third-order valence-corrected chi connectivity index (χ3v) is 6.35. The molecule has 1 saturated heterocycles. The SMILES string of the molecule is CCNC(=NCc1ccccc1OCC)NC1C2CCOC2C12CCC2.I. The summed E-state index contributed by atoms with van der Waals surface area (Å²) in [6.07, 6.45) is 5.57. The van der Waals surface area contributed by atoms with Crippen molar-refractivity contribution < 1.29 is 9.47 Å². The van der Waals surface area contributed by atoms with Crippen LogP contribution < -0.4 is 15.4 Å². The molecule has 2 aliphatic carbocycles. The molecule has 5 nitrogen and oxygen atoms in total. The van der Waals surface area contributed by atoms with Crippen LogP contribution in [0.25, 0.3) is 0 Å². The number of hydrogen-bond donors (Lipinski definition) is 2. The Hall–Kier alpha value is -1.02. The van der Waals surface area contributed by atoms with Gasteiger partial charge in [0.2, 0.25) is 0 Å². The summed E-state index contributed by atoms with van der Waals surface area (Å²) in [5, 5.41) is 7.18. The Kier molecular flexibility index (Phi) is 6.89. The normalized spacial score (nSPS) is 27.8. The molecule has 3 unspecified atom stereocenters. The highest BCUT2D eigenvalue weighted by Crippen LogP contribution is 2.62. The summed E-state index contributed by atoms with van der Waals surface area (Å²) in [7, 11) is 0. The number of nitrogens with one attached hydrogen (secondary N) is 2. The maximum absolute atomic E-state index is 6.04. The lowest BCUT2D eigenvalue weighted by molar-refractivity contribution is -0.171. The lowest BCUT2D eigenvalue weighted by Crippen LogP contribution is -2.72. The lowest BCUT2D eigenvalue weighted by Gasteiger charge is -2.63. The van der Waals surface area contributed by atoms with Gasteiger partial charge < -0.3 is 20.1 Å². The second-order valence-electron chi connectivity index (χ2n) is 7.69. The Morgan fingerprint density at radius 3 is 2.81 bits per heavy atom. The van der Waals surface area contributed by atoms with Gasteiger partial charge in [0.1, 0.15) is 5.75 Å². The molecule has 27 heavy (non-hydrogen) atoms. The standard InChI is InChI=1S/C21H31N3O2.HI/c1-3-22-20(23-14-15-8-5-6-9-17(15)25-4-2)24-18-16-10-13-26-19(16)21(18)11-7-12-21;/h5-6,8-9,16,18-19H,3-4,7,10-14H2,1-2H3,(H2,22,23,24);1H. The van der Waals surface area contributed by atoms with Crippen LogP contribution in [0.4, 0.5) is 0 Å². The van der Waals surface area contributed by atoms with Gasteiger partial charge in [0, 0.05) is 36.1 Å². The summed E-state index contributed by atoms with van der Waals surface area (Å²) in [6.45, 7) is 7.21. The van der Waals surface area contributed by atoms with Crippen molar-refractivity contribution in [3.05, 3.63) is 29.8 Å². The fourth-order valence-electron chi connectivity index (χ4n) is 5.02. The van der Waals surface area contributed by atoms with E-state index >= 15 is 0 Å². The van der Waals surface area contributed by atoms with Crippen molar-refractivity contribution in [3.63, 3.8) is 0 Å². The third kappa shape index (κ3) is 3.79. The number of ether oxygens (including phenoxy) is 2. The minimum atomic E-state index is 0. The molecule has 2 N–H and O–H groups in total. The Morgan fingerprint density at radius 1 is 1.30 bits per heavy atom. The van der Waals surface area contributed by atoms with Crippen LogP contribution in [0.15, 0.2) is 29.3 Å². The summed E-state index contributed by atoms with van der Waals surface area (Å²) < 4.78 is 11.8. The number of aliphatic imine (C=N–C) groups is 1. The van der Waals surface area contributed by atoms with Crippen LogP contribution in [0, 0.1) is 11.3 Å². The molecule has 150 valence electrons. The Morgan fingerprint density at radius 2 is 2.11 bits per heavy atom. The number of rotatable bonds is 6. The van der Waals surface area contributed by atoms with Gasteiger partial charge in [-0.05, 0) is 39.2 Å². The molecule has 3 aliphatic rings. The zero-order valence-corrected chi connectivity index (χ0v) is 18.7. The average Bonchev–Trinajstić information content (AvgIpc) is 3.02. The van der Waals surface area contributed by atoms with E-state index in [2.05, 4.69) is 23.6 Å². The Bertz CT molecular complexity index is 663. The van der Waals surface area contributed by atoms with E-state index in [9.17, 15) is 0 Å². The monoisotopic (exact) mass is 485 g/mol. The molecular weight excluding hydrogens is 453 g/mol. The van der Waals surface area contributed by atoms with E-state index in [1.165, 1.54) is 25.7 Å². The van der Waals surface area contributed by atoms with Crippen molar-refractivity contribution >= 4 is 29.9 Å². The highest BCUT2D eigenvalue weighted by Gasteiger charge is 2.66. The number of fused-ring (bicyclic) bond motifs is 2. The van der Waals surface area contributed by atoms with Gasteiger partial charge >= 0.3 is 0 Å². The summed E-state index contributed by atoms with van der Waals surface area (Å²) in [5.41, 5.74) is 1.49. The molecule has 0 bridgehead atoms. The first-order chi connectivity index (χ1) is 12.8. The van der Waals surface area contributed by atoms with Gasteiger partial charge in [-0.1, -0.05) is 24.6 Å². The van der Waals surface area contributed by atoms with Crippen LogP contribution in [-0.2, 0) is 11.3 Å². The van der Waals surface area contributed by atoms with Gasteiger partial charge in [0.15, 0.2) is 5.96 Å². The zero-order valence-electron chi connectivity index (χ0n) is 16.4. The molecular formula is C21H32IN3O2. The molecule has 1 aromatic carbocycles. The highest BCUT2D eigenvalue weighted by atomic mass is 127. The predicted octanol–water partition coefficient (Wildman–Crippen LogP) is 3.72. The maximum atomic E-state index is 6.04. The molecule has 1 heterocycles. The first kappa shape index (κ1) is 20.7. The molecule has 2 saturated carbocycles. The minimum absolute atomic E-state index is 0. The van der Waals surface area contributed by atoms with Crippen LogP contribution >= 0.6 is 24.0 Å². The largest absolute Gasteiger partial charge is 0.494 e. The van der Waals surface area contributed by atoms with Crippen molar-refractivity contribution in [2.24, 2.45) is 16.3 Å². The van der Waals surface area contributed by atoms with E-state index in [0.29, 0.717) is 36.6 Å². The van der Waals surface area contributed by atoms with Gasteiger partial charge in [0.05, 0.1) is 19.3 Å². The quantitative estimate of drug-likeness (QED) is 0.367. The minimum Gasteiger partial charge on any atom is -0.494 e. The van der Waals surface area contributed by atoms with Crippen molar-refractivity contribution in [2.45, 2.75) is 58.2 Å². The van der Waals surface area contributed by atoms with Gasteiger partial charge in [0.25, 0.3) is 0 Å². The van der Waals surface area contributed by atoms with Crippen molar-refractivity contribution in [1.82, 2.24) is 10.6 Å². The molecule has 0 radical (unpaired) electrons. The zero-order chi connectivity index (χ0) is 18.0. The smallest absolute Gasteiger partial charge is 0.191 e. The summed E-state index contributed by atoms with van der Waals surface area (Å²) >= 11 is 0. The van der Waals surface area contributed by atoms with Crippen LogP contribution in [0.1, 0.15) is 45.1 Å². The molecule has 3 atom stereocenters. The summed E-state index contributed by atoms with van der Waals surface area (Å²) in [5.74, 6) is 2.49. The molecule has 6 heteroatoms. The first-order valence-corrected chi connectivity index (χ1v) is 10.2. The van der Waals surface area contributed by atoms with E-state index < -0.39 is 0 Å². The van der Waals surface area contributed by atoms with Crippen LogP contribution in [0.2, 0.25) is 0 Å². The van der Waals surface area contributed by atoms with Gasteiger partial charge in [-0.3, -0.25) is 0 Å². The third-order valence-electron chi connectivity index (χ3n) is 6.35. The van der Waals surface area contributed by atoms with Crippen molar-refractivity contribution in [2.75, 3.05) is 19.8 Å². The van der Waals surface area contributed by atoms with Crippen LogP contribution in [0.3, 0.4) is 0 Å². The molecule has 0 aromatic heterocycles. The number of nitrogens with zero attached hydrogens (tertiary/aromatic N) is 1. The second kappa shape index (κ2) is 8.99. The fraction of sp³-hybridized carbons (Fsp3) is 0.667. The fourth-order valence-corrected chi connectivity index (χ4v) is 5.02. The maximum Gasteiger partial charge on any atom is 0.191 e. The van der Waals surface area contributed by atoms with Crippen molar-refractivity contribution in [1.29, 1.82) is 0 Å². The van der Waals surface area contributed by atoms with Crippen LogP contribution in [0.5, 0.6) is 5.75 Å². The molecule has 1 aromatic rings. The van der Waals surface area contributed by atoms with E-state index in [1.54, 1.807) is 0 Å². The summed E-state index contributed by atoms with van der Waals surface area (Å²) in [6, 6.07) is 8.67. The number of halogens is 1. The first-order valence-electron chi connectivity index (χ1n) is 10.2. The molecule has 0 amide bonds. The molecule has 1 spiro atoms. The number of guanidine groups is 1. The predicted molar refractivity (Wildman–Crippen MR) is 119 cm³/mol. The van der Waals surface area contributed by atoms with E-state index in [0.717, 1.165) is 30.4 Å². The van der Waals surface area contributed by atoms with E-state index in [1.807, 2.05) is 25.1 Å². The van der Waals surface area contributed by atoms with Gasteiger partial charge in [-0.25, -0.2) is 4.99 Å². The molecule has 1 aliphatic heterocycles. The Labute approximate surface area is 179 Å². The average molecular weight is 485 g/mol. The second-order valence-corrected chi connectivity index (χ2v) is 7.69. The lowest BCUT2D eigenvalue weighted by atomic mass is 9.46. The number of benzene rings is 1. The van der Waals surface area contributed by atoms with Gasteiger partial charge in [-0.15, -0.1) is 24.0 Å².